The summed E-state index contributed by atoms with van der Waals surface area (Å²) >= 11 is 0. The first kappa shape index (κ1) is 34.6. The quantitative estimate of drug-likeness (QED) is 0.101. The number of carbonyl (C=O) groups excluding carboxylic acids is 3. The maximum atomic E-state index is 14.2. The van der Waals surface area contributed by atoms with Gasteiger partial charge in [-0.25, -0.2) is 14.1 Å². The molecule has 2 saturated carbocycles. The van der Waals surface area contributed by atoms with E-state index in [4.69, 9.17) is 33.7 Å². The molecular formula is C31H37N6O10P. The number of esters is 3. The van der Waals surface area contributed by atoms with Crippen LogP contribution in [0.4, 0.5) is 5.82 Å². The summed E-state index contributed by atoms with van der Waals surface area (Å²) in [5, 5.41) is 16.4. The third-order valence-electron chi connectivity index (χ3n) is 8.37. The first-order valence-electron chi connectivity index (χ1n) is 15.4. The van der Waals surface area contributed by atoms with Crippen LogP contribution in [0.5, 0.6) is 5.75 Å². The lowest BCUT2D eigenvalue weighted by molar-refractivity contribution is -0.178. The Hall–Kier alpha value is -4.71. The second-order valence-corrected chi connectivity index (χ2v) is 13.6. The molecule has 3 aromatic rings. The molecule has 2 aliphatic rings. The van der Waals surface area contributed by atoms with E-state index in [0.29, 0.717) is 5.52 Å². The molecule has 0 bridgehead atoms. The molecule has 2 heterocycles. The highest BCUT2D eigenvalue weighted by atomic mass is 31.2. The number of hydrogen-bond acceptors (Lipinski definition) is 14. The molecule has 1 spiro atoms. The molecule has 5 rings (SSSR count). The topological polar surface area (TPSA) is 216 Å². The van der Waals surface area contributed by atoms with Gasteiger partial charge in [0.25, 0.3) is 6.26 Å². The highest BCUT2D eigenvalue weighted by molar-refractivity contribution is 7.52. The maximum Gasteiger partial charge on any atom is 0.459 e. The Bertz CT molecular complexity index is 1720. The predicted molar refractivity (Wildman–Crippen MR) is 167 cm³/mol. The minimum atomic E-state index is -4.45. The fourth-order valence-electron chi connectivity index (χ4n) is 5.96. The number of para-hydroxylation sites is 1. The molecule has 0 amide bonds. The molecular weight excluding hydrogens is 647 g/mol. The summed E-state index contributed by atoms with van der Waals surface area (Å²) in [6.45, 7) is 2.98. The molecule has 1 aromatic carbocycles. The van der Waals surface area contributed by atoms with Gasteiger partial charge in [0.1, 0.15) is 36.3 Å². The van der Waals surface area contributed by atoms with Crippen molar-refractivity contribution in [1.82, 2.24) is 19.7 Å². The van der Waals surface area contributed by atoms with Gasteiger partial charge in [-0.3, -0.25) is 18.9 Å². The number of aromatic nitrogens is 3. The number of nitrogens with zero attached hydrogens (tertiary/aromatic N) is 4. The van der Waals surface area contributed by atoms with Crippen LogP contribution in [0.2, 0.25) is 0 Å². The normalized spacial score (nSPS) is 18.9. The summed E-state index contributed by atoms with van der Waals surface area (Å²) in [6, 6.07) is 10.0. The van der Waals surface area contributed by atoms with Gasteiger partial charge >= 0.3 is 25.7 Å². The molecule has 17 heteroatoms. The average Bonchev–Trinajstić information content (AvgIpc) is 3.43. The van der Waals surface area contributed by atoms with Crippen molar-refractivity contribution in [2.75, 3.05) is 12.3 Å². The van der Waals surface area contributed by atoms with Crippen molar-refractivity contribution < 1.29 is 46.9 Å². The monoisotopic (exact) mass is 684 g/mol. The van der Waals surface area contributed by atoms with Crippen LogP contribution in [0.15, 0.2) is 48.8 Å². The summed E-state index contributed by atoms with van der Waals surface area (Å²) in [4.78, 5) is 41.6. The third kappa shape index (κ3) is 8.04. The van der Waals surface area contributed by atoms with Crippen molar-refractivity contribution in [3.63, 3.8) is 0 Å². The van der Waals surface area contributed by atoms with E-state index >= 15 is 0 Å². The van der Waals surface area contributed by atoms with E-state index < -0.39 is 56.6 Å². The molecule has 0 aliphatic heterocycles. The van der Waals surface area contributed by atoms with Crippen LogP contribution in [0.1, 0.15) is 64.7 Å². The molecule has 0 radical (unpaired) electrons. The van der Waals surface area contributed by atoms with Crippen molar-refractivity contribution in [3.05, 3.63) is 54.5 Å². The van der Waals surface area contributed by atoms with Crippen LogP contribution in [0, 0.1) is 16.9 Å². The summed E-state index contributed by atoms with van der Waals surface area (Å²) in [5.74, 6) is -1.98. The van der Waals surface area contributed by atoms with Crippen LogP contribution in [-0.2, 0) is 42.4 Å². The van der Waals surface area contributed by atoms with Crippen LogP contribution < -0.4 is 15.3 Å². The first-order valence-corrected chi connectivity index (χ1v) is 16.9. The van der Waals surface area contributed by atoms with Gasteiger partial charge in [-0.2, -0.15) is 15.4 Å². The van der Waals surface area contributed by atoms with E-state index in [0.717, 1.165) is 39.5 Å². The van der Waals surface area contributed by atoms with Gasteiger partial charge in [0.2, 0.25) is 0 Å². The Kier molecular flexibility index (Phi) is 10.5. The van der Waals surface area contributed by atoms with E-state index in [9.17, 15) is 24.2 Å². The Labute approximate surface area is 276 Å². The standard InChI is InChI=1S/C31H37N6O10P/c1-19(30(40)46-23-14-31(15-23)12-7-13-31)36-48(41,47-22-8-5-4-6-9-22)43-16-26(42-17-32)28(45-21(3)39)27(44-20(2)38)24-10-11-25-29(33)34-18-35-37(24)25/h4-6,8-11,18-19,23,26-28H,7,12-16H2,1-3H3,(H,36,41)(H2,33,34,35)/t19-,26+,27-,28+,48?/m0/s1. The van der Waals surface area contributed by atoms with Crippen LogP contribution in [0.25, 0.3) is 5.52 Å². The number of nitrogens with one attached hydrogen (secondary N) is 1. The molecule has 3 N–H and O–H groups in total. The summed E-state index contributed by atoms with van der Waals surface area (Å²) < 4.78 is 49.1. The maximum absolute atomic E-state index is 14.2. The second kappa shape index (κ2) is 14.6. The zero-order chi connectivity index (χ0) is 34.5. The third-order valence-corrected chi connectivity index (χ3v) is 10.0. The molecule has 2 aliphatic carbocycles. The van der Waals surface area contributed by atoms with E-state index in [1.54, 1.807) is 24.3 Å². The molecule has 5 atom stereocenters. The number of rotatable bonds is 15. The van der Waals surface area contributed by atoms with Crippen LogP contribution in [-0.4, -0.2) is 63.5 Å². The number of nitrogen functional groups attached to an aromatic ring is 1. The van der Waals surface area contributed by atoms with Gasteiger partial charge in [-0.15, -0.1) is 0 Å². The highest BCUT2D eigenvalue weighted by Gasteiger charge is 2.50. The Morgan fingerprint density at radius 3 is 2.46 bits per heavy atom. The van der Waals surface area contributed by atoms with Crippen molar-refractivity contribution in [2.24, 2.45) is 5.41 Å². The van der Waals surface area contributed by atoms with Gasteiger partial charge in [-0.05, 0) is 62.3 Å². The zero-order valence-corrected chi connectivity index (χ0v) is 27.5. The van der Waals surface area contributed by atoms with Crippen molar-refractivity contribution in [1.29, 1.82) is 5.26 Å². The van der Waals surface area contributed by atoms with Gasteiger partial charge < -0.3 is 29.2 Å². The molecule has 2 fully saturated rings. The lowest BCUT2D eigenvalue weighted by Gasteiger charge is -2.53. The van der Waals surface area contributed by atoms with Crippen molar-refractivity contribution in [3.8, 4) is 12.0 Å². The van der Waals surface area contributed by atoms with E-state index in [-0.39, 0.29) is 28.8 Å². The Balaban J connectivity index is 1.39. The smallest absolute Gasteiger partial charge is 0.459 e. The Morgan fingerprint density at radius 2 is 1.83 bits per heavy atom. The largest absolute Gasteiger partial charge is 0.461 e. The molecule has 256 valence electrons. The SMILES string of the molecule is CC(=O)O[C@H]([C@@H](COP(=O)(N[C@@H](C)C(=O)OC1CC2(CCC2)C1)Oc1ccccc1)OC#N)[C@@H](OC(C)=O)c1ccc2c(N)ncnn12. The molecule has 1 unspecified atom stereocenters. The van der Waals surface area contributed by atoms with Gasteiger partial charge in [-0.1, -0.05) is 24.6 Å². The molecule has 16 nitrogen and oxygen atoms in total. The van der Waals surface area contributed by atoms with Gasteiger partial charge in [0.15, 0.2) is 24.1 Å². The van der Waals surface area contributed by atoms with Gasteiger partial charge in [0, 0.05) is 13.8 Å². The number of anilines is 1. The lowest BCUT2D eigenvalue weighted by atomic mass is 9.55. The minimum absolute atomic E-state index is 0.118. The molecule has 2 aromatic heterocycles. The first-order chi connectivity index (χ1) is 22.9. The second-order valence-electron chi connectivity index (χ2n) is 11.9. The molecule has 0 saturated heterocycles. The van der Waals surface area contributed by atoms with Crippen LogP contribution in [0.3, 0.4) is 0 Å². The van der Waals surface area contributed by atoms with Crippen molar-refractivity contribution >= 4 is 37.0 Å². The van der Waals surface area contributed by atoms with E-state index in [1.807, 2.05) is 0 Å². The zero-order valence-electron chi connectivity index (χ0n) is 26.6. The lowest BCUT2D eigenvalue weighted by Crippen LogP contribution is -2.49. The number of ether oxygens (including phenoxy) is 4. The number of hydrogen-bond donors (Lipinski definition) is 2. The van der Waals surface area contributed by atoms with Crippen LogP contribution >= 0.6 is 7.75 Å². The number of nitrogens with two attached hydrogens (primary N) is 1. The molecule has 48 heavy (non-hydrogen) atoms. The summed E-state index contributed by atoms with van der Waals surface area (Å²) in [5.41, 5.74) is 6.80. The highest BCUT2D eigenvalue weighted by Crippen LogP contribution is 2.57. The number of nitriles is 1. The Morgan fingerprint density at radius 1 is 1.12 bits per heavy atom. The fraction of sp³-hybridized carbons (Fsp3) is 0.484. The van der Waals surface area contributed by atoms with Gasteiger partial charge in [0.05, 0.1) is 5.69 Å². The van der Waals surface area contributed by atoms with E-state index in [1.165, 1.54) is 48.6 Å². The van der Waals surface area contributed by atoms with Crippen molar-refractivity contribution in [2.45, 2.75) is 83.3 Å². The number of carbonyl (C=O) groups is 3. The summed E-state index contributed by atoms with van der Waals surface area (Å²) in [6.07, 6.45) is 3.00. The van der Waals surface area contributed by atoms with E-state index in [2.05, 4.69) is 15.2 Å². The average molecular weight is 685 g/mol. The fourth-order valence-corrected chi connectivity index (χ4v) is 7.47. The minimum Gasteiger partial charge on any atom is -0.461 e. The number of benzene rings is 1. The predicted octanol–water partition coefficient (Wildman–Crippen LogP) is 3.77. The summed E-state index contributed by atoms with van der Waals surface area (Å²) in [7, 11) is -4.45. The number of fused-ring (bicyclic) bond motifs is 1.